The normalized spacial score (nSPS) is 11.9. The zero-order valence-corrected chi connectivity index (χ0v) is 13.6. The number of hydrogen-bond donors (Lipinski definition) is 1. The van der Waals surface area contributed by atoms with E-state index >= 15 is 0 Å². The first-order valence-electron chi connectivity index (χ1n) is 6.85. The van der Waals surface area contributed by atoms with Gasteiger partial charge in [0.25, 0.3) is 0 Å². The fraction of sp³-hybridized carbons (Fsp3) is 0.500. The molecule has 1 rings (SSSR count). The predicted molar refractivity (Wildman–Crippen MR) is 87.6 cm³/mol. The van der Waals surface area contributed by atoms with Crippen LogP contribution in [0.1, 0.15) is 38.8 Å². The van der Waals surface area contributed by atoms with Crippen LogP contribution in [0.5, 0.6) is 0 Å². The first-order chi connectivity index (χ1) is 9.13. The molecule has 0 aliphatic rings. The fourth-order valence-electron chi connectivity index (χ4n) is 2.24. The van der Waals surface area contributed by atoms with Crippen LogP contribution < -0.4 is 10.2 Å². The molecule has 0 heterocycles. The van der Waals surface area contributed by atoms with E-state index in [0.717, 1.165) is 24.0 Å². The summed E-state index contributed by atoms with van der Waals surface area (Å²) >= 11 is 3.56. The molecular formula is C16H23BrN2. The van der Waals surface area contributed by atoms with E-state index in [1.807, 2.05) is 0 Å². The smallest absolute Gasteiger partial charge is 0.0791 e. The molecule has 104 valence electrons. The van der Waals surface area contributed by atoms with Crippen molar-refractivity contribution >= 4 is 21.6 Å². The maximum Gasteiger partial charge on any atom is 0.0791 e. The Hall–Kier alpha value is -0.980. The maximum atomic E-state index is 5.50. The Morgan fingerprint density at radius 2 is 2.16 bits per heavy atom. The molecule has 0 aliphatic heterocycles. The molecule has 19 heavy (non-hydrogen) atoms. The predicted octanol–water partition coefficient (Wildman–Crippen LogP) is 3.97. The Labute approximate surface area is 125 Å². The van der Waals surface area contributed by atoms with Crippen LogP contribution in [0.2, 0.25) is 0 Å². The van der Waals surface area contributed by atoms with Crippen molar-refractivity contribution in [3.8, 4) is 12.3 Å². The number of hydrogen-bond acceptors (Lipinski definition) is 2. The lowest BCUT2D eigenvalue weighted by atomic mass is 10.0. The van der Waals surface area contributed by atoms with Crippen molar-refractivity contribution in [2.75, 3.05) is 24.5 Å². The Balaban J connectivity index is 3.14. The summed E-state index contributed by atoms with van der Waals surface area (Å²) in [7, 11) is 0. The van der Waals surface area contributed by atoms with Gasteiger partial charge in [-0.3, -0.25) is 0 Å². The Bertz CT molecular complexity index is 437. The van der Waals surface area contributed by atoms with Gasteiger partial charge in [-0.25, -0.2) is 0 Å². The number of nitrogens with one attached hydrogen (secondary N) is 1. The van der Waals surface area contributed by atoms with Crippen LogP contribution in [0.3, 0.4) is 0 Å². The lowest BCUT2D eigenvalue weighted by Crippen LogP contribution is -2.28. The van der Waals surface area contributed by atoms with Crippen LogP contribution in [0.25, 0.3) is 0 Å². The third kappa shape index (κ3) is 4.56. The highest BCUT2D eigenvalue weighted by atomic mass is 79.9. The fourth-order valence-corrected chi connectivity index (χ4v) is 2.59. The summed E-state index contributed by atoms with van der Waals surface area (Å²) in [6, 6.07) is 6.75. The van der Waals surface area contributed by atoms with Gasteiger partial charge in [-0.05, 0) is 37.6 Å². The molecule has 0 saturated carbocycles. The van der Waals surface area contributed by atoms with Crippen LogP contribution >= 0.6 is 15.9 Å². The Kier molecular flexibility index (Phi) is 6.97. The summed E-state index contributed by atoms with van der Waals surface area (Å²) < 4.78 is 1.09. The number of terminal acetylenes is 1. The molecule has 0 spiro atoms. The molecule has 1 aromatic carbocycles. The van der Waals surface area contributed by atoms with E-state index in [0.29, 0.717) is 12.6 Å². The second kappa shape index (κ2) is 8.24. The molecular weight excluding hydrogens is 300 g/mol. The quantitative estimate of drug-likeness (QED) is 0.764. The van der Waals surface area contributed by atoms with Crippen molar-refractivity contribution in [3.63, 3.8) is 0 Å². The SMILES string of the molecule is C#CCN(CCC)c1cc(Br)ccc1C(C)NCC. The average molecular weight is 323 g/mol. The largest absolute Gasteiger partial charge is 0.360 e. The molecule has 0 radical (unpaired) electrons. The van der Waals surface area contributed by atoms with Crippen LogP contribution in [0.4, 0.5) is 5.69 Å². The molecule has 3 heteroatoms. The molecule has 0 bridgehead atoms. The van der Waals surface area contributed by atoms with Crippen molar-refractivity contribution in [2.45, 2.75) is 33.2 Å². The minimum atomic E-state index is 0.324. The van der Waals surface area contributed by atoms with Crippen LogP contribution in [-0.4, -0.2) is 19.6 Å². The standard InChI is InChI=1S/C16H23BrN2/c1-5-10-19(11-6-2)16-12-14(17)8-9-15(16)13(4)18-7-3/h1,8-9,12-13,18H,6-7,10-11H2,2-4H3. The summed E-state index contributed by atoms with van der Waals surface area (Å²) in [6.07, 6.45) is 6.59. The lowest BCUT2D eigenvalue weighted by Gasteiger charge is -2.27. The molecule has 2 nitrogen and oxygen atoms in total. The summed E-state index contributed by atoms with van der Waals surface area (Å²) in [5, 5.41) is 3.47. The second-order valence-electron chi connectivity index (χ2n) is 4.61. The minimum absolute atomic E-state index is 0.324. The zero-order valence-electron chi connectivity index (χ0n) is 12.0. The highest BCUT2D eigenvalue weighted by molar-refractivity contribution is 9.10. The molecule has 0 amide bonds. The molecule has 0 aliphatic carbocycles. The van der Waals surface area contributed by atoms with Crippen molar-refractivity contribution in [1.82, 2.24) is 5.32 Å². The van der Waals surface area contributed by atoms with Gasteiger partial charge in [-0.15, -0.1) is 6.42 Å². The molecule has 0 fully saturated rings. The lowest BCUT2D eigenvalue weighted by molar-refractivity contribution is 0.596. The average Bonchev–Trinajstić information content (AvgIpc) is 2.38. The van der Waals surface area contributed by atoms with Crippen LogP contribution in [0, 0.1) is 12.3 Å². The zero-order chi connectivity index (χ0) is 14.3. The molecule has 0 saturated heterocycles. The van der Waals surface area contributed by atoms with Crippen molar-refractivity contribution < 1.29 is 0 Å². The number of anilines is 1. The van der Waals surface area contributed by atoms with E-state index in [1.54, 1.807) is 0 Å². The highest BCUT2D eigenvalue weighted by Crippen LogP contribution is 2.29. The Morgan fingerprint density at radius 3 is 2.74 bits per heavy atom. The van der Waals surface area contributed by atoms with E-state index in [2.05, 4.69) is 71.0 Å². The first kappa shape index (κ1) is 16.1. The third-order valence-electron chi connectivity index (χ3n) is 3.09. The van der Waals surface area contributed by atoms with Gasteiger partial charge in [-0.2, -0.15) is 0 Å². The summed E-state index contributed by atoms with van der Waals surface area (Å²) in [5.41, 5.74) is 2.52. The van der Waals surface area contributed by atoms with E-state index in [9.17, 15) is 0 Å². The number of nitrogens with zero attached hydrogens (tertiary/aromatic N) is 1. The summed E-state index contributed by atoms with van der Waals surface area (Å²) in [5.74, 6) is 2.76. The van der Waals surface area contributed by atoms with Gasteiger partial charge < -0.3 is 10.2 Å². The van der Waals surface area contributed by atoms with Gasteiger partial charge in [0.1, 0.15) is 0 Å². The topological polar surface area (TPSA) is 15.3 Å². The molecule has 0 aromatic heterocycles. The minimum Gasteiger partial charge on any atom is -0.360 e. The van der Waals surface area contributed by atoms with Crippen molar-refractivity contribution in [1.29, 1.82) is 0 Å². The summed E-state index contributed by atoms with van der Waals surface area (Å²) in [6.45, 7) is 9.08. The van der Waals surface area contributed by atoms with Crippen LogP contribution in [-0.2, 0) is 0 Å². The number of benzene rings is 1. The molecule has 1 unspecified atom stereocenters. The number of rotatable bonds is 7. The molecule has 1 atom stereocenters. The monoisotopic (exact) mass is 322 g/mol. The van der Waals surface area contributed by atoms with Crippen molar-refractivity contribution in [3.05, 3.63) is 28.2 Å². The van der Waals surface area contributed by atoms with Crippen LogP contribution in [0.15, 0.2) is 22.7 Å². The maximum absolute atomic E-state index is 5.50. The van der Waals surface area contributed by atoms with E-state index in [1.165, 1.54) is 11.3 Å². The van der Waals surface area contributed by atoms with Gasteiger partial charge in [0.2, 0.25) is 0 Å². The molecule has 1 aromatic rings. The van der Waals surface area contributed by atoms with Gasteiger partial charge in [0.15, 0.2) is 0 Å². The summed E-state index contributed by atoms with van der Waals surface area (Å²) in [4.78, 5) is 2.27. The van der Waals surface area contributed by atoms with Crippen molar-refractivity contribution in [2.24, 2.45) is 0 Å². The Morgan fingerprint density at radius 1 is 1.42 bits per heavy atom. The van der Waals surface area contributed by atoms with Gasteiger partial charge in [-0.1, -0.05) is 41.8 Å². The first-order valence-corrected chi connectivity index (χ1v) is 7.64. The van der Waals surface area contributed by atoms with E-state index in [4.69, 9.17) is 6.42 Å². The van der Waals surface area contributed by atoms with E-state index < -0.39 is 0 Å². The van der Waals surface area contributed by atoms with Gasteiger partial charge in [0, 0.05) is 22.7 Å². The van der Waals surface area contributed by atoms with Gasteiger partial charge >= 0.3 is 0 Å². The molecule has 1 N–H and O–H groups in total. The van der Waals surface area contributed by atoms with Gasteiger partial charge in [0.05, 0.1) is 6.54 Å². The third-order valence-corrected chi connectivity index (χ3v) is 3.58. The second-order valence-corrected chi connectivity index (χ2v) is 5.52. The highest BCUT2D eigenvalue weighted by Gasteiger charge is 2.14. The van der Waals surface area contributed by atoms with E-state index in [-0.39, 0.29) is 0 Å². The number of halogens is 1.